The van der Waals surface area contributed by atoms with Crippen LogP contribution in [0.4, 0.5) is 0 Å². The number of carboxylic acid groups (broad SMARTS) is 1. The lowest BCUT2D eigenvalue weighted by Gasteiger charge is -2.10. The molecule has 1 aliphatic carbocycles. The maximum absolute atomic E-state index is 11.1. The molecule has 98 valence electrons. The number of hydrogen-bond donors (Lipinski definition) is 1. The van der Waals surface area contributed by atoms with Gasteiger partial charge in [0.2, 0.25) is 0 Å². The third-order valence-electron chi connectivity index (χ3n) is 3.57. The van der Waals surface area contributed by atoms with Crippen LogP contribution in [0.3, 0.4) is 0 Å². The smallest absolute Gasteiger partial charge is 0.375 e. The highest BCUT2D eigenvalue weighted by Gasteiger charge is 2.31. The maximum Gasteiger partial charge on any atom is 0.375 e. The Kier molecular flexibility index (Phi) is 2.62. The van der Waals surface area contributed by atoms with Gasteiger partial charge in [0.25, 0.3) is 5.82 Å². The second-order valence-electron chi connectivity index (χ2n) is 5.00. The summed E-state index contributed by atoms with van der Waals surface area (Å²) in [7, 11) is 0. The van der Waals surface area contributed by atoms with E-state index in [1.54, 1.807) is 4.68 Å². The van der Waals surface area contributed by atoms with Crippen molar-refractivity contribution in [3.63, 3.8) is 0 Å². The molecule has 1 aromatic heterocycles. The number of aryl methyl sites for hydroxylation is 1. The second kappa shape index (κ2) is 4.19. The van der Waals surface area contributed by atoms with Gasteiger partial charge in [0, 0.05) is 5.92 Å². The number of rotatable bonds is 3. The van der Waals surface area contributed by atoms with E-state index in [4.69, 9.17) is 5.11 Å². The fraction of sp³-hybridized carbons (Fsp3) is 0.357. The van der Waals surface area contributed by atoms with Crippen LogP contribution < -0.4 is 0 Å². The van der Waals surface area contributed by atoms with Crippen LogP contribution in [0.15, 0.2) is 18.2 Å². The average Bonchev–Trinajstić information content (AvgIpc) is 3.12. The summed E-state index contributed by atoms with van der Waals surface area (Å²) >= 11 is 0. The molecule has 0 saturated heterocycles. The average molecular weight is 257 g/mol. The minimum Gasteiger partial charge on any atom is -0.475 e. The first-order chi connectivity index (χ1) is 9.08. The molecule has 1 saturated carbocycles. The van der Waals surface area contributed by atoms with Gasteiger partial charge in [0.05, 0.1) is 5.69 Å². The molecule has 1 fully saturated rings. The monoisotopic (exact) mass is 257 g/mol. The van der Waals surface area contributed by atoms with Gasteiger partial charge < -0.3 is 5.11 Å². The van der Waals surface area contributed by atoms with Crippen LogP contribution in [-0.2, 0) is 0 Å². The summed E-state index contributed by atoms with van der Waals surface area (Å²) in [5, 5.41) is 13.2. The van der Waals surface area contributed by atoms with Gasteiger partial charge in [-0.25, -0.2) is 14.5 Å². The highest BCUT2D eigenvalue weighted by Crippen LogP contribution is 2.40. The molecule has 1 heterocycles. The third-order valence-corrected chi connectivity index (χ3v) is 3.57. The molecule has 3 rings (SSSR count). The van der Waals surface area contributed by atoms with E-state index in [0.29, 0.717) is 5.92 Å². The minimum absolute atomic E-state index is 0.122. The van der Waals surface area contributed by atoms with E-state index in [1.165, 1.54) is 0 Å². The van der Waals surface area contributed by atoms with Gasteiger partial charge in [-0.05, 0) is 43.9 Å². The lowest BCUT2D eigenvalue weighted by atomic mass is 10.1. The van der Waals surface area contributed by atoms with Crippen LogP contribution >= 0.6 is 0 Å². The Balaban J connectivity index is 2.18. The van der Waals surface area contributed by atoms with Crippen molar-refractivity contribution in [3.05, 3.63) is 41.0 Å². The lowest BCUT2D eigenvalue weighted by molar-refractivity contribution is 0.0683. The lowest BCUT2D eigenvalue weighted by Crippen LogP contribution is -2.05. The number of nitrogens with zero attached hydrogens (tertiary/aromatic N) is 3. The molecule has 0 atom stereocenters. The topological polar surface area (TPSA) is 68.0 Å². The van der Waals surface area contributed by atoms with Crippen molar-refractivity contribution in [2.24, 2.45) is 0 Å². The molecule has 0 unspecified atom stereocenters. The second-order valence-corrected chi connectivity index (χ2v) is 5.00. The molecular formula is C14H15N3O2. The quantitative estimate of drug-likeness (QED) is 0.917. The summed E-state index contributed by atoms with van der Waals surface area (Å²) in [5.74, 6) is -0.0830. The predicted octanol–water partition coefficient (Wildman–Crippen LogP) is 2.46. The Bertz CT molecular complexity index is 657. The summed E-state index contributed by atoms with van der Waals surface area (Å²) < 4.78 is 1.70. The molecule has 0 radical (unpaired) electrons. The first kappa shape index (κ1) is 11.9. The molecule has 5 heteroatoms. The number of aromatic carboxylic acids is 1. The van der Waals surface area contributed by atoms with Crippen molar-refractivity contribution in [2.45, 2.75) is 32.6 Å². The minimum atomic E-state index is -1.08. The summed E-state index contributed by atoms with van der Waals surface area (Å²) in [6.07, 6.45) is 2.12. The fourth-order valence-electron chi connectivity index (χ4n) is 2.16. The number of carboxylic acids is 1. The fourth-order valence-corrected chi connectivity index (χ4v) is 2.16. The van der Waals surface area contributed by atoms with Crippen LogP contribution in [0.5, 0.6) is 0 Å². The van der Waals surface area contributed by atoms with Crippen LogP contribution in [0.1, 0.15) is 46.3 Å². The van der Waals surface area contributed by atoms with Crippen molar-refractivity contribution in [3.8, 4) is 5.69 Å². The summed E-state index contributed by atoms with van der Waals surface area (Å²) in [5.41, 5.74) is 3.18. The highest BCUT2D eigenvalue weighted by molar-refractivity contribution is 5.83. The van der Waals surface area contributed by atoms with Gasteiger partial charge >= 0.3 is 5.97 Å². The van der Waals surface area contributed by atoms with Crippen LogP contribution in [0.25, 0.3) is 5.69 Å². The van der Waals surface area contributed by atoms with Gasteiger partial charge in [-0.1, -0.05) is 12.1 Å². The summed E-state index contributed by atoms with van der Waals surface area (Å²) in [6.45, 7) is 4.05. The van der Waals surface area contributed by atoms with Gasteiger partial charge in [-0.15, -0.1) is 5.10 Å². The van der Waals surface area contributed by atoms with E-state index in [9.17, 15) is 4.79 Å². The Labute approximate surface area is 110 Å². The molecule has 1 aromatic carbocycles. The van der Waals surface area contributed by atoms with Crippen molar-refractivity contribution in [1.29, 1.82) is 0 Å². The SMILES string of the molecule is Cc1cccc(-n2nc(C(=O)O)nc2C2CC2)c1C. The number of carbonyl (C=O) groups is 1. The predicted molar refractivity (Wildman–Crippen MR) is 69.8 cm³/mol. The van der Waals surface area contributed by atoms with Crippen molar-refractivity contribution in [2.75, 3.05) is 0 Å². The first-order valence-electron chi connectivity index (χ1n) is 6.34. The van der Waals surface area contributed by atoms with E-state index in [2.05, 4.69) is 10.1 Å². The van der Waals surface area contributed by atoms with Gasteiger partial charge in [-0.3, -0.25) is 0 Å². The zero-order valence-corrected chi connectivity index (χ0v) is 10.9. The zero-order valence-electron chi connectivity index (χ0n) is 10.9. The normalized spacial score (nSPS) is 14.6. The largest absolute Gasteiger partial charge is 0.475 e. The zero-order chi connectivity index (χ0) is 13.6. The Morgan fingerprint density at radius 2 is 2.11 bits per heavy atom. The van der Waals surface area contributed by atoms with E-state index in [0.717, 1.165) is 35.5 Å². The summed E-state index contributed by atoms with van der Waals surface area (Å²) in [4.78, 5) is 15.2. The Morgan fingerprint density at radius 1 is 1.37 bits per heavy atom. The molecule has 19 heavy (non-hydrogen) atoms. The number of aromatic nitrogens is 3. The number of benzene rings is 1. The van der Waals surface area contributed by atoms with Crippen molar-refractivity contribution in [1.82, 2.24) is 14.8 Å². The highest BCUT2D eigenvalue weighted by atomic mass is 16.4. The Hall–Kier alpha value is -2.17. The van der Waals surface area contributed by atoms with Crippen molar-refractivity contribution >= 4 is 5.97 Å². The van der Waals surface area contributed by atoms with E-state index < -0.39 is 5.97 Å². The van der Waals surface area contributed by atoms with Crippen LogP contribution in [-0.4, -0.2) is 25.8 Å². The van der Waals surface area contributed by atoms with Gasteiger partial charge in [0.1, 0.15) is 5.82 Å². The van der Waals surface area contributed by atoms with Gasteiger partial charge in [-0.2, -0.15) is 0 Å². The van der Waals surface area contributed by atoms with Crippen molar-refractivity contribution < 1.29 is 9.90 Å². The molecular weight excluding hydrogens is 242 g/mol. The Morgan fingerprint density at radius 3 is 2.74 bits per heavy atom. The van der Waals surface area contributed by atoms with E-state index in [-0.39, 0.29) is 5.82 Å². The molecule has 0 spiro atoms. The molecule has 0 bridgehead atoms. The maximum atomic E-state index is 11.1. The van der Waals surface area contributed by atoms with E-state index >= 15 is 0 Å². The first-order valence-corrected chi connectivity index (χ1v) is 6.34. The molecule has 0 aliphatic heterocycles. The standard InChI is InChI=1S/C14H15N3O2/c1-8-4-3-5-11(9(8)2)17-13(10-6-7-10)15-12(16-17)14(18)19/h3-5,10H,6-7H2,1-2H3,(H,18,19). The third kappa shape index (κ3) is 2.01. The molecule has 0 amide bonds. The van der Waals surface area contributed by atoms with Crippen LogP contribution in [0, 0.1) is 13.8 Å². The molecule has 1 aliphatic rings. The summed E-state index contributed by atoms with van der Waals surface area (Å²) in [6, 6.07) is 5.94. The van der Waals surface area contributed by atoms with Crippen LogP contribution in [0.2, 0.25) is 0 Å². The molecule has 2 aromatic rings. The molecule has 1 N–H and O–H groups in total. The van der Waals surface area contributed by atoms with Gasteiger partial charge in [0.15, 0.2) is 0 Å². The molecule has 5 nitrogen and oxygen atoms in total. The van der Waals surface area contributed by atoms with E-state index in [1.807, 2.05) is 32.0 Å². The number of hydrogen-bond acceptors (Lipinski definition) is 3.